The molecule has 1 aliphatic rings. The maximum atomic E-state index is 10.6. The first-order valence-corrected chi connectivity index (χ1v) is 3.28. The number of hydroxylamine groups is 2. The van der Waals surface area contributed by atoms with E-state index in [1.807, 2.05) is 0 Å². The smallest absolute Gasteiger partial charge is 0.248 e. The van der Waals surface area contributed by atoms with Crippen molar-refractivity contribution < 1.29 is 10.0 Å². The molecule has 0 saturated carbocycles. The number of carbonyl (C=O) groups excluding carboxylic acids is 1. The molecule has 0 aromatic heterocycles. The summed E-state index contributed by atoms with van der Waals surface area (Å²) in [5, 5.41) is 11.2. The molecule has 0 unspecified atom stereocenters. The lowest BCUT2D eigenvalue weighted by Crippen LogP contribution is -2.24. The molecule has 1 saturated heterocycles. The van der Waals surface area contributed by atoms with Crippen LogP contribution in [0.2, 0.25) is 0 Å². The minimum Gasteiger partial charge on any atom is -0.272 e. The molecule has 1 heterocycles. The third-order valence-electron chi connectivity index (χ3n) is 1.53. The highest BCUT2D eigenvalue weighted by molar-refractivity contribution is 5.74. The van der Waals surface area contributed by atoms with Gasteiger partial charge in [-0.25, -0.2) is 0 Å². The van der Waals surface area contributed by atoms with Gasteiger partial charge >= 0.3 is 0 Å². The van der Waals surface area contributed by atoms with Crippen LogP contribution in [0.3, 0.4) is 0 Å². The van der Waals surface area contributed by atoms with Crippen molar-refractivity contribution >= 4 is 5.91 Å². The molecule has 3 nitrogen and oxygen atoms in total. The molecule has 9 heavy (non-hydrogen) atoms. The lowest BCUT2D eigenvalue weighted by molar-refractivity contribution is -0.185. The Hall–Kier alpha value is -0.570. The van der Waals surface area contributed by atoms with Crippen LogP contribution < -0.4 is 0 Å². The SMILES string of the molecule is [O]N1CCCCCC1=O. The topological polar surface area (TPSA) is 40.2 Å². The summed E-state index contributed by atoms with van der Waals surface area (Å²) < 4.78 is 0. The van der Waals surface area contributed by atoms with Gasteiger partial charge in [0.25, 0.3) is 0 Å². The van der Waals surface area contributed by atoms with Gasteiger partial charge < -0.3 is 0 Å². The fourth-order valence-corrected chi connectivity index (χ4v) is 0.958. The van der Waals surface area contributed by atoms with Crippen molar-refractivity contribution in [3.8, 4) is 0 Å². The Morgan fingerprint density at radius 1 is 1.22 bits per heavy atom. The molecule has 0 spiro atoms. The number of hydrogen-bond acceptors (Lipinski definition) is 1. The van der Waals surface area contributed by atoms with Crippen molar-refractivity contribution in [1.29, 1.82) is 0 Å². The monoisotopic (exact) mass is 128 g/mol. The molecule has 1 aliphatic heterocycles. The number of hydrogen-bond donors (Lipinski definition) is 0. The first-order valence-electron chi connectivity index (χ1n) is 3.28. The molecular formula is C6H10NO2. The lowest BCUT2D eigenvalue weighted by Gasteiger charge is -2.05. The molecule has 0 aromatic carbocycles. The lowest BCUT2D eigenvalue weighted by atomic mass is 10.2. The number of rotatable bonds is 0. The second-order valence-corrected chi connectivity index (χ2v) is 2.31. The van der Waals surface area contributed by atoms with Crippen LogP contribution in [0, 0.1) is 0 Å². The number of amides is 1. The number of carbonyl (C=O) groups is 1. The Morgan fingerprint density at radius 3 is 2.78 bits per heavy atom. The van der Waals surface area contributed by atoms with Gasteiger partial charge in [-0.05, 0) is 12.8 Å². The summed E-state index contributed by atoms with van der Waals surface area (Å²) in [5.41, 5.74) is 0. The van der Waals surface area contributed by atoms with E-state index in [1.165, 1.54) is 0 Å². The fourth-order valence-electron chi connectivity index (χ4n) is 0.958. The van der Waals surface area contributed by atoms with Crippen LogP contribution in [0.4, 0.5) is 0 Å². The fraction of sp³-hybridized carbons (Fsp3) is 0.833. The zero-order valence-corrected chi connectivity index (χ0v) is 5.30. The molecule has 0 N–H and O–H groups in total. The molecule has 51 valence electrons. The molecule has 1 amide bonds. The molecule has 0 aromatic rings. The van der Waals surface area contributed by atoms with Crippen molar-refractivity contribution in [2.24, 2.45) is 0 Å². The average molecular weight is 128 g/mol. The van der Waals surface area contributed by atoms with Gasteiger partial charge in [-0.1, -0.05) is 11.6 Å². The van der Waals surface area contributed by atoms with Crippen molar-refractivity contribution in [2.45, 2.75) is 25.7 Å². The van der Waals surface area contributed by atoms with Gasteiger partial charge in [0.05, 0.1) is 6.54 Å². The molecule has 0 atom stereocenters. The number of nitrogens with zero attached hydrogens (tertiary/aromatic N) is 1. The third kappa shape index (κ3) is 1.68. The molecule has 3 heteroatoms. The highest BCUT2D eigenvalue weighted by Crippen LogP contribution is 2.08. The van der Waals surface area contributed by atoms with E-state index in [4.69, 9.17) is 0 Å². The van der Waals surface area contributed by atoms with Crippen molar-refractivity contribution in [2.75, 3.05) is 6.54 Å². The third-order valence-corrected chi connectivity index (χ3v) is 1.53. The molecular weight excluding hydrogens is 118 g/mol. The Balaban J connectivity index is 2.41. The summed E-state index contributed by atoms with van der Waals surface area (Å²) in [7, 11) is 0. The van der Waals surface area contributed by atoms with Gasteiger partial charge in [0.15, 0.2) is 0 Å². The van der Waals surface area contributed by atoms with Gasteiger partial charge in [0, 0.05) is 6.42 Å². The average Bonchev–Trinajstić information content (AvgIpc) is 1.99. The Labute approximate surface area is 54.2 Å². The Morgan fingerprint density at radius 2 is 2.00 bits per heavy atom. The molecule has 1 fully saturated rings. The van der Waals surface area contributed by atoms with Crippen LogP contribution in [0.5, 0.6) is 0 Å². The quantitative estimate of drug-likeness (QED) is 0.474. The minimum absolute atomic E-state index is 0.243. The van der Waals surface area contributed by atoms with Crippen LogP contribution in [0.15, 0.2) is 0 Å². The van der Waals surface area contributed by atoms with E-state index in [-0.39, 0.29) is 5.91 Å². The summed E-state index contributed by atoms with van der Waals surface area (Å²) >= 11 is 0. The predicted molar refractivity (Wildman–Crippen MR) is 30.9 cm³/mol. The van der Waals surface area contributed by atoms with E-state index in [0.29, 0.717) is 18.0 Å². The van der Waals surface area contributed by atoms with E-state index < -0.39 is 0 Å². The van der Waals surface area contributed by atoms with Crippen LogP contribution in [0.1, 0.15) is 25.7 Å². The van der Waals surface area contributed by atoms with E-state index in [9.17, 15) is 10.0 Å². The van der Waals surface area contributed by atoms with Gasteiger partial charge in [0.2, 0.25) is 5.91 Å². The van der Waals surface area contributed by atoms with Gasteiger partial charge in [-0.3, -0.25) is 4.79 Å². The van der Waals surface area contributed by atoms with E-state index in [0.717, 1.165) is 19.3 Å². The maximum absolute atomic E-state index is 10.6. The van der Waals surface area contributed by atoms with Crippen molar-refractivity contribution in [3.05, 3.63) is 0 Å². The van der Waals surface area contributed by atoms with E-state index in [2.05, 4.69) is 0 Å². The normalized spacial score (nSPS) is 21.9. The van der Waals surface area contributed by atoms with Gasteiger partial charge in [-0.15, -0.1) is 0 Å². The van der Waals surface area contributed by atoms with Crippen molar-refractivity contribution in [3.63, 3.8) is 0 Å². The zero-order valence-electron chi connectivity index (χ0n) is 5.30. The standard InChI is InChI=1S/C6H10NO2/c8-6-4-2-1-3-5-7(6)9/h1-5H2. The van der Waals surface area contributed by atoms with Crippen LogP contribution in [-0.2, 0) is 10.0 Å². The minimum atomic E-state index is -0.243. The van der Waals surface area contributed by atoms with Gasteiger partial charge in [0.1, 0.15) is 0 Å². The van der Waals surface area contributed by atoms with E-state index >= 15 is 0 Å². The summed E-state index contributed by atoms with van der Waals surface area (Å²) in [5.74, 6) is -0.243. The highest BCUT2D eigenvalue weighted by Gasteiger charge is 2.14. The first-order chi connectivity index (χ1) is 4.30. The maximum Gasteiger partial charge on any atom is 0.248 e. The molecule has 0 bridgehead atoms. The van der Waals surface area contributed by atoms with Crippen molar-refractivity contribution in [1.82, 2.24) is 5.06 Å². The van der Waals surface area contributed by atoms with E-state index in [1.54, 1.807) is 0 Å². The summed E-state index contributed by atoms with van der Waals surface area (Å²) in [6, 6.07) is 0. The molecule has 1 radical (unpaired) electrons. The summed E-state index contributed by atoms with van der Waals surface area (Å²) in [6.07, 6.45) is 3.22. The zero-order chi connectivity index (χ0) is 6.69. The Bertz CT molecular complexity index is 114. The second-order valence-electron chi connectivity index (χ2n) is 2.31. The summed E-state index contributed by atoms with van der Waals surface area (Å²) in [6.45, 7) is 0.402. The first kappa shape index (κ1) is 6.55. The highest BCUT2D eigenvalue weighted by atomic mass is 16.5. The molecule has 0 aliphatic carbocycles. The van der Waals surface area contributed by atoms with Crippen LogP contribution in [-0.4, -0.2) is 17.5 Å². The molecule has 1 rings (SSSR count). The second kappa shape index (κ2) is 2.82. The van der Waals surface area contributed by atoms with Crippen LogP contribution in [0.25, 0.3) is 0 Å². The predicted octanol–water partition coefficient (Wildman–Crippen LogP) is 0.734. The Kier molecular flexibility index (Phi) is 2.05. The largest absolute Gasteiger partial charge is 0.272 e. The summed E-state index contributed by atoms with van der Waals surface area (Å²) in [4.78, 5) is 10.6. The van der Waals surface area contributed by atoms with Gasteiger partial charge in [-0.2, -0.15) is 5.06 Å². The van der Waals surface area contributed by atoms with Crippen LogP contribution >= 0.6 is 0 Å².